The zero-order valence-electron chi connectivity index (χ0n) is 16.7. The summed E-state index contributed by atoms with van der Waals surface area (Å²) in [4.78, 5) is 8.58. The van der Waals surface area contributed by atoms with Crippen molar-refractivity contribution < 1.29 is 18.3 Å². The monoisotopic (exact) mass is 432 g/mol. The van der Waals surface area contributed by atoms with Gasteiger partial charge in [-0.1, -0.05) is 54.1 Å². The first-order chi connectivity index (χ1) is 14.5. The number of benzene rings is 3. The number of nitrogens with two attached hydrogens (primary N) is 2. The van der Waals surface area contributed by atoms with Gasteiger partial charge in [0.05, 0.1) is 5.02 Å². The van der Waals surface area contributed by atoms with Gasteiger partial charge in [0.2, 0.25) is 6.41 Å². The van der Waals surface area contributed by atoms with Gasteiger partial charge in [0, 0.05) is 29.2 Å². The molecular formula is C23H23ClF2N2O2. The fraction of sp³-hybridized carbons (Fsp3) is 0.174. The van der Waals surface area contributed by atoms with Crippen molar-refractivity contribution >= 4 is 18.0 Å². The Hall–Kier alpha value is -2.96. The molecule has 7 heteroatoms. The van der Waals surface area contributed by atoms with Gasteiger partial charge in [-0.05, 0) is 31.2 Å². The lowest BCUT2D eigenvalue weighted by Gasteiger charge is -2.14. The van der Waals surface area contributed by atoms with Gasteiger partial charge in [-0.25, -0.2) is 8.78 Å². The summed E-state index contributed by atoms with van der Waals surface area (Å²) in [5, 5.41) is -0.0655. The average molecular weight is 433 g/mol. The molecule has 4 rings (SSSR count). The highest BCUT2D eigenvalue weighted by Crippen LogP contribution is 2.47. The zero-order valence-corrected chi connectivity index (χ0v) is 17.4. The number of primary amides is 1. The predicted octanol–water partition coefficient (Wildman–Crippen LogP) is 4.95. The van der Waals surface area contributed by atoms with Crippen LogP contribution in [0.4, 0.5) is 8.78 Å². The van der Waals surface area contributed by atoms with E-state index in [1.54, 1.807) is 19.1 Å². The van der Waals surface area contributed by atoms with Crippen molar-refractivity contribution in [3.05, 3.63) is 87.9 Å². The van der Waals surface area contributed by atoms with Gasteiger partial charge in [-0.15, -0.1) is 0 Å². The molecule has 3 aromatic carbocycles. The molecule has 0 aromatic heterocycles. The Morgan fingerprint density at radius 3 is 2.27 bits per heavy atom. The smallest absolute Gasteiger partial charge is 0.204 e. The maximum Gasteiger partial charge on any atom is 0.204 e. The van der Waals surface area contributed by atoms with Crippen LogP contribution in [0.5, 0.6) is 5.75 Å². The minimum atomic E-state index is -0.605. The third-order valence-corrected chi connectivity index (χ3v) is 4.96. The SMILES string of the molecule is CN.Cc1cccc(F)c1-c1c(Cl)c(F)cc2c1CC(c1ccccc1)O2.NC=O. The Bertz CT molecular complexity index is 994. The molecule has 1 aliphatic rings. The van der Waals surface area contributed by atoms with Gasteiger partial charge in [-0.2, -0.15) is 0 Å². The van der Waals surface area contributed by atoms with Crippen molar-refractivity contribution in [2.75, 3.05) is 7.05 Å². The summed E-state index contributed by atoms with van der Waals surface area (Å²) in [5.74, 6) is -0.599. The standard InChI is InChI=1S/C21H15ClF2O.CH3NO.CH5N/c1-12-6-5-9-15(23)19(12)20-14-10-17(13-7-3-2-4-8-13)25-18(14)11-16(24)21(20)22;2-1-3;1-2/h2-9,11,17H,10H2,1H3;1H,(H2,2,3);2H2,1H3. The van der Waals surface area contributed by atoms with E-state index in [9.17, 15) is 8.78 Å². The molecule has 1 aliphatic heterocycles. The van der Waals surface area contributed by atoms with E-state index in [1.165, 1.54) is 19.2 Å². The number of halogens is 3. The number of rotatable bonds is 2. The number of carbonyl (C=O) groups excluding carboxylic acids is 1. The highest BCUT2D eigenvalue weighted by atomic mass is 35.5. The van der Waals surface area contributed by atoms with Crippen LogP contribution in [-0.4, -0.2) is 13.5 Å². The zero-order chi connectivity index (χ0) is 22.3. The molecule has 1 amide bonds. The second kappa shape index (κ2) is 10.7. The topological polar surface area (TPSA) is 78.3 Å². The minimum absolute atomic E-state index is 0.0655. The first-order valence-electron chi connectivity index (χ1n) is 9.19. The molecule has 1 unspecified atom stereocenters. The quantitative estimate of drug-likeness (QED) is 0.562. The van der Waals surface area contributed by atoms with Crippen LogP contribution in [0.3, 0.4) is 0 Å². The van der Waals surface area contributed by atoms with Gasteiger partial charge < -0.3 is 16.2 Å². The number of hydrogen-bond acceptors (Lipinski definition) is 3. The Balaban J connectivity index is 0.000000590. The van der Waals surface area contributed by atoms with E-state index in [0.29, 0.717) is 28.9 Å². The molecule has 0 bridgehead atoms. The lowest BCUT2D eigenvalue weighted by molar-refractivity contribution is -0.106. The van der Waals surface area contributed by atoms with Crippen LogP contribution in [0.2, 0.25) is 5.02 Å². The molecule has 0 radical (unpaired) electrons. The number of amides is 1. The maximum absolute atomic E-state index is 14.5. The molecule has 1 atom stereocenters. The summed E-state index contributed by atoms with van der Waals surface area (Å²) < 4.78 is 34.8. The normalized spacial score (nSPS) is 13.7. The summed E-state index contributed by atoms with van der Waals surface area (Å²) in [7, 11) is 1.50. The number of hydrogen-bond donors (Lipinski definition) is 2. The van der Waals surface area contributed by atoms with Gasteiger partial charge in [-0.3, -0.25) is 4.79 Å². The van der Waals surface area contributed by atoms with Gasteiger partial charge >= 0.3 is 0 Å². The van der Waals surface area contributed by atoms with Crippen molar-refractivity contribution in [1.82, 2.24) is 0 Å². The first-order valence-corrected chi connectivity index (χ1v) is 9.56. The molecule has 3 aromatic rings. The summed E-state index contributed by atoms with van der Waals surface area (Å²) in [6, 6.07) is 15.8. The minimum Gasteiger partial charge on any atom is -0.485 e. The van der Waals surface area contributed by atoms with Gasteiger partial charge in [0.15, 0.2) is 0 Å². The molecule has 1 heterocycles. The number of fused-ring (bicyclic) bond motifs is 1. The van der Waals surface area contributed by atoms with E-state index in [4.69, 9.17) is 21.1 Å². The number of ether oxygens (including phenoxy) is 1. The van der Waals surface area contributed by atoms with Gasteiger partial charge in [0.25, 0.3) is 0 Å². The largest absolute Gasteiger partial charge is 0.485 e. The fourth-order valence-electron chi connectivity index (χ4n) is 3.39. The van der Waals surface area contributed by atoms with Crippen LogP contribution in [0.15, 0.2) is 54.6 Å². The summed E-state index contributed by atoms with van der Waals surface area (Å²) in [6.45, 7) is 1.79. The molecule has 158 valence electrons. The highest BCUT2D eigenvalue weighted by molar-refractivity contribution is 6.33. The third-order valence-electron chi connectivity index (χ3n) is 4.59. The van der Waals surface area contributed by atoms with Crippen molar-refractivity contribution in [1.29, 1.82) is 0 Å². The van der Waals surface area contributed by atoms with E-state index in [-0.39, 0.29) is 17.5 Å². The van der Waals surface area contributed by atoms with Crippen LogP contribution >= 0.6 is 11.6 Å². The molecule has 4 N–H and O–H groups in total. The van der Waals surface area contributed by atoms with E-state index >= 15 is 0 Å². The van der Waals surface area contributed by atoms with E-state index < -0.39 is 11.6 Å². The molecular weight excluding hydrogens is 410 g/mol. The van der Waals surface area contributed by atoms with Crippen LogP contribution < -0.4 is 16.2 Å². The number of carbonyl (C=O) groups is 1. The lowest BCUT2D eigenvalue weighted by atomic mass is 9.92. The molecule has 30 heavy (non-hydrogen) atoms. The summed E-state index contributed by atoms with van der Waals surface area (Å²) >= 11 is 6.25. The molecule has 0 aliphatic carbocycles. The number of aryl methyl sites for hydroxylation is 1. The van der Waals surface area contributed by atoms with Crippen molar-refractivity contribution in [3.8, 4) is 16.9 Å². The second-order valence-electron chi connectivity index (χ2n) is 6.31. The summed E-state index contributed by atoms with van der Waals surface area (Å²) in [6.07, 6.45) is 0.530. The Kier molecular flexibility index (Phi) is 8.33. The molecule has 4 nitrogen and oxygen atoms in total. The van der Waals surface area contributed by atoms with E-state index in [2.05, 4.69) is 11.5 Å². The maximum atomic E-state index is 14.5. The molecule has 0 saturated heterocycles. The van der Waals surface area contributed by atoms with E-state index in [1.807, 2.05) is 30.3 Å². The fourth-order valence-corrected chi connectivity index (χ4v) is 3.65. The Morgan fingerprint density at radius 1 is 1.03 bits per heavy atom. The molecule has 0 fully saturated rings. The predicted molar refractivity (Wildman–Crippen MR) is 115 cm³/mol. The summed E-state index contributed by atoms with van der Waals surface area (Å²) in [5.41, 5.74) is 11.8. The van der Waals surface area contributed by atoms with Gasteiger partial charge in [0.1, 0.15) is 23.5 Å². The third kappa shape index (κ3) is 4.78. The van der Waals surface area contributed by atoms with Crippen LogP contribution in [0.1, 0.15) is 22.8 Å². The van der Waals surface area contributed by atoms with Crippen LogP contribution in [0.25, 0.3) is 11.1 Å². The van der Waals surface area contributed by atoms with Crippen LogP contribution in [0, 0.1) is 18.6 Å². The van der Waals surface area contributed by atoms with Crippen molar-refractivity contribution in [2.45, 2.75) is 19.4 Å². The lowest BCUT2D eigenvalue weighted by Crippen LogP contribution is -2.02. The van der Waals surface area contributed by atoms with Crippen molar-refractivity contribution in [2.24, 2.45) is 11.5 Å². The molecule has 0 spiro atoms. The van der Waals surface area contributed by atoms with Crippen molar-refractivity contribution in [3.63, 3.8) is 0 Å². The van der Waals surface area contributed by atoms with Crippen LogP contribution in [-0.2, 0) is 11.2 Å². The second-order valence-corrected chi connectivity index (χ2v) is 6.69. The first kappa shape index (κ1) is 23.3. The average Bonchev–Trinajstić information content (AvgIpc) is 3.17. The van der Waals surface area contributed by atoms with E-state index in [0.717, 1.165) is 11.1 Å². The Labute approximate surface area is 179 Å². The molecule has 0 saturated carbocycles. The highest BCUT2D eigenvalue weighted by Gasteiger charge is 2.31. The Morgan fingerprint density at radius 2 is 1.67 bits per heavy atom.